The van der Waals surface area contributed by atoms with Gasteiger partial charge in [-0.2, -0.15) is 25.3 Å². The zero-order chi connectivity index (χ0) is 46.8. The van der Waals surface area contributed by atoms with E-state index in [1.807, 2.05) is 0 Å². The molecular formula is C43H38N4O15S3. The van der Waals surface area contributed by atoms with Crippen molar-refractivity contribution in [1.29, 1.82) is 0 Å². The summed E-state index contributed by atoms with van der Waals surface area (Å²) >= 11 is 0. The molecule has 3 aliphatic rings. The Hall–Kier alpha value is -6.82. The minimum atomic E-state index is -5.00. The van der Waals surface area contributed by atoms with E-state index in [1.54, 1.807) is 42.5 Å². The maximum absolute atomic E-state index is 14.2. The van der Waals surface area contributed by atoms with Crippen molar-refractivity contribution < 1.29 is 67.3 Å². The van der Waals surface area contributed by atoms with E-state index in [0.29, 0.717) is 32.8 Å². The van der Waals surface area contributed by atoms with Gasteiger partial charge in [-0.3, -0.25) is 33.0 Å². The molecule has 2 heterocycles. The lowest BCUT2D eigenvalue weighted by Gasteiger charge is -2.22. The first-order chi connectivity index (χ1) is 30.7. The Bertz CT molecular complexity index is 3260. The number of anilines is 1. The van der Waals surface area contributed by atoms with Crippen molar-refractivity contribution in [3.05, 3.63) is 125 Å². The molecule has 0 spiro atoms. The summed E-state index contributed by atoms with van der Waals surface area (Å²) in [5.74, 6) is -2.57. The average Bonchev–Trinajstić information content (AvgIpc) is 3.57. The molecule has 0 unspecified atom stereocenters. The molecule has 1 fully saturated rings. The molecule has 1 aliphatic carbocycles. The lowest BCUT2D eigenvalue weighted by Crippen LogP contribution is -2.32. The van der Waals surface area contributed by atoms with Crippen LogP contribution in [0.3, 0.4) is 0 Å². The predicted molar refractivity (Wildman–Crippen MR) is 231 cm³/mol. The summed E-state index contributed by atoms with van der Waals surface area (Å²) in [6, 6.07) is 24.5. The maximum Gasteiger partial charge on any atom is 0.333 e. The maximum atomic E-state index is 14.2. The zero-order valence-corrected chi connectivity index (χ0v) is 36.5. The van der Waals surface area contributed by atoms with Crippen LogP contribution in [0.5, 0.6) is 0 Å². The van der Waals surface area contributed by atoms with Crippen molar-refractivity contribution in [1.82, 2.24) is 9.96 Å². The molecule has 0 bridgehead atoms. The van der Waals surface area contributed by atoms with Crippen molar-refractivity contribution in [2.24, 2.45) is 4.99 Å². The Morgan fingerprint density at radius 2 is 1.45 bits per heavy atom. The van der Waals surface area contributed by atoms with Gasteiger partial charge >= 0.3 is 5.97 Å². The number of hydrogen-bond donors (Lipinski definition) is 4. The fourth-order valence-electron chi connectivity index (χ4n) is 7.14. The Labute approximate surface area is 371 Å². The highest BCUT2D eigenvalue weighted by atomic mass is 32.2. The summed E-state index contributed by atoms with van der Waals surface area (Å²) in [5.41, 5.74) is 2.14. The Kier molecular flexibility index (Phi) is 13.0. The van der Waals surface area contributed by atoms with Crippen molar-refractivity contribution in [2.75, 3.05) is 18.9 Å². The number of rotatable bonds is 15. The third kappa shape index (κ3) is 10.4. The van der Waals surface area contributed by atoms with Gasteiger partial charge in [0.25, 0.3) is 48.1 Å². The number of carbonyl (C=O) groups is 4. The van der Waals surface area contributed by atoms with Gasteiger partial charge in [0.15, 0.2) is 0 Å². The highest BCUT2D eigenvalue weighted by Crippen LogP contribution is 2.43. The van der Waals surface area contributed by atoms with Crippen LogP contribution in [0.1, 0.15) is 47.2 Å². The summed E-state index contributed by atoms with van der Waals surface area (Å²) in [4.78, 5) is 59.8. The molecule has 2 aliphatic heterocycles. The van der Waals surface area contributed by atoms with Crippen LogP contribution in [0.4, 0.5) is 5.69 Å². The van der Waals surface area contributed by atoms with Crippen molar-refractivity contribution in [2.45, 2.75) is 53.5 Å². The predicted octanol–water partition coefficient (Wildman–Crippen LogP) is 5.12. The van der Waals surface area contributed by atoms with Gasteiger partial charge in [0.2, 0.25) is 0 Å². The molecule has 19 nitrogen and oxygen atoms in total. The zero-order valence-electron chi connectivity index (χ0n) is 34.1. The van der Waals surface area contributed by atoms with Crippen LogP contribution in [0.25, 0.3) is 33.4 Å². The molecule has 7 rings (SSSR count). The topological polar surface area (TPSA) is 285 Å². The number of hydrogen-bond acceptors (Lipinski definition) is 14. The summed E-state index contributed by atoms with van der Waals surface area (Å²) < 4.78 is 109. The lowest BCUT2D eigenvalue weighted by molar-refractivity contribution is -0.197. The van der Waals surface area contributed by atoms with Crippen LogP contribution in [-0.2, 0) is 62.7 Å². The van der Waals surface area contributed by atoms with E-state index in [1.165, 1.54) is 54.4 Å². The molecule has 0 radical (unpaired) electrons. The fraction of sp³-hybridized carbons (Fsp3) is 0.186. The van der Waals surface area contributed by atoms with Crippen LogP contribution >= 0.6 is 0 Å². The van der Waals surface area contributed by atoms with Gasteiger partial charge in [0.1, 0.15) is 16.2 Å². The lowest BCUT2D eigenvalue weighted by atomic mass is 9.90. The first-order valence-corrected chi connectivity index (χ1v) is 23.8. The fourth-order valence-corrected chi connectivity index (χ4v) is 9.00. The molecule has 338 valence electrons. The molecule has 3 amide bonds. The number of carbonyl (C=O) groups excluding carboxylic acids is 4. The third-order valence-corrected chi connectivity index (χ3v) is 13.0. The molecule has 1 saturated heterocycles. The molecule has 4 N–H and O–H groups in total. The normalized spacial score (nSPS) is 13.7. The Morgan fingerprint density at radius 3 is 2.12 bits per heavy atom. The summed E-state index contributed by atoms with van der Waals surface area (Å²) in [6.07, 6.45) is -0.274. The number of fused-ring (bicyclic) bond motifs is 2. The van der Waals surface area contributed by atoms with Gasteiger partial charge in [-0.05, 0) is 65.6 Å². The van der Waals surface area contributed by atoms with Crippen LogP contribution < -0.4 is 10.7 Å². The molecule has 0 aromatic heterocycles. The van der Waals surface area contributed by atoms with Gasteiger partial charge < -0.3 is 19.5 Å². The minimum absolute atomic E-state index is 0.0296. The third-order valence-electron chi connectivity index (χ3n) is 10.3. The van der Waals surface area contributed by atoms with E-state index >= 15 is 0 Å². The van der Waals surface area contributed by atoms with E-state index < -0.39 is 58.9 Å². The Balaban J connectivity index is 1.31. The van der Waals surface area contributed by atoms with E-state index in [4.69, 9.17) is 9.25 Å². The van der Waals surface area contributed by atoms with Crippen LogP contribution in [0.2, 0.25) is 0 Å². The summed E-state index contributed by atoms with van der Waals surface area (Å²) in [6.45, 7) is -0.235. The quantitative estimate of drug-likeness (QED) is 0.0590. The van der Waals surface area contributed by atoms with Crippen molar-refractivity contribution in [3.63, 3.8) is 0 Å². The number of benzene rings is 5. The highest BCUT2D eigenvalue weighted by Gasteiger charge is 2.33. The van der Waals surface area contributed by atoms with E-state index in [2.05, 4.69) is 10.3 Å². The highest BCUT2D eigenvalue weighted by molar-refractivity contribution is 7.86. The minimum Gasteiger partial charge on any atom is -0.456 e. The van der Waals surface area contributed by atoms with Gasteiger partial charge in [0, 0.05) is 79.3 Å². The second-order valence-corrected chi connectivity index (χ2v) is 19.0. The molecule has 4 aromatic rings. The Morgan fingerprint density at radius 1 is 0.785 bits per heavy atom. The van der Waals surface area contributed by atoms with Crippen LogP contribution in [0.15, 0.2) is 127 Å². The molecule has 65 heavy (non-hydrogen) atoms. The van der Waals surface area contributed by atoms with E-state index in [9.17, 15) is 58.1 Å². The van der Waals surface area contributed by atoms with Crippen molar-refractivity contribution >= 4 is 70.7 Å². The number of hydroxylamine groups is 2. The van der Waals surface area contributed by atoms with Crippen LogP contribution in [-0.4, -0.2) is 86.2 Å². The molecule has 0 atom stereocenters. The standard InChI is InChI=1S/C43H38N4O15S3/c1-46(20-6-11-41(50)62-47-39(48)18-19-40(47)49)43(51)31-9-4-3-8-30(31)42-32-17-14-28(44-25-27-7-2-5-10-37(27)64(55,56)57)21-35(32)61-36-23-34(38(22-33(36)42)65(58,59)60)45-24-26-12-15-29(16-13-26)63(52,53)54/h2-5,7-10,12-17,21-23,44H,6,11,18-20,24-25H2,1H3,(H,52,53,54)(H,55,56,57)(H,58,59,60). The van der Waals surface area contributed by atoms with Gasteiger partial charge in [-0.1, -0.05) is 48.5 Å². The summed E-state index contributed by atoms with van der Waals surface area (Å²) in [5, 5.41) is 3.67. The smallest absolute Gasteiger partial charge is 0.333 e. The number of nitrogens with zero attached hydrogens (tertiary/aromatic N) is 3. The molecular weight excluding hydrogens is 909 g/mol. The second-order valence-electron chi connectivity index (χ2n) is 14.8. The van der Waals surface area contributed by atoms with Gasteiger partial charge in [-0.15, -0.1) is 5.06 Å². The van der Waals surface area contributed by atoms with E-state index in [-0.39, 0.29) is 88.5 Å². The van der Waals surface area contributed by atoms with Crippen molar-refractivity contribution in [3.8, 4) is 22.5 Å². The van der Waals surface area contributed by atoms with Crippen LogP contribution in [0, 0.1) is 0 Å². The first-order valence-electron chi connectivity index (χ1n) is 19.5. The number of nitrogens with one attached hydrogen (secondary N) is 1. The summed E-state index contributed by atoms with van der Waals surface area (Å²) in [7, 11) is -12.6. The van der Waals surface area contributed by atoms with Gasteiger partial charge in [-0.25, -0.2) is 4.79 Å². The first kappa shape index (κ1) is 46.2. The average molecular weight is 947 g/mol. The molecule has 22 heteroatoms. The number of amides is 3. The monoisotopic (exact) mass is 946 g/mol. The van der Waals surface area contributed by atoms with E-state index in [0.717, 1.165) is 18.2 Å². The number of imide groups is 1. The molecule has 4 aromatic carbocycles. The largest absolute Gasteiger partial charge is 0.456 e. The second kappa shape index (κ2) is 18.3. The van der Waals surface area contributed by atoms with Gasteiger partial charge in [0.05, 0.1) is 21.7 Å². The SMILES string of the molecule is CN(CCCC(=O)ON1C(=O)CCC1=O)C(=O)c1ccccc1-c1c2cc(S(=O)(=O)O)c(=NCc3ccc(S(=O)(=O)O)cc3)cc-2oc2cc(NCc3ccccc3S(=O)(=O)O)ccc12. The molecule has 0 saturated carbocycles.